The Morgan fingerprint density at radius 3 is 2.65 bits per heavy atom. The van der Waals surface area contributed by atoms with Crippen molar-refractivity contribution in [2.75, 3.05) is 33.8 Å². The number of fused-ring (bicyclic) bond motifs is 1. The van der Waals surface area contributed by atoms with Crippen molar-refractivity contribution >= 4 is 22.7 Å². The summed E-state index contributed by atoms with van der Waals surface area (Å²) in [5.41, 5.74) is 2.21. The van der Waals surface area contributed by atoms with Crippen LogP contribution in [-0.2, 0) is 4.79 Å². The summed E-state index contributed by atoms with van der Waals surface area (Å²) in [5.74, 6) is -0.0478. The van der Waals surface area contributed by atoms with Crippen molar-refractivity contribution in [3.8, 4) is 5.75 Å². The van der Waals surface area contributed by atoms with Gasteiger partial charge in [-0.25, -0.2) is 4.39 Å². The molecule has 0 spiro atoms. The molecule has 0 saturated carbocycles. The lowest BCUT2D eigenvalue weighted by molar-refractivity contribution is -0.132. The summed E-state index contributed by atoms with van der Waals surface area (Å²) >= 11 is 0. The molecule has 1 unspecified atom stereocenters. The van der Waals surface area contributed by atoms with E-state index in [0.29, 0.717) is 24.4 Å². The Balaban J connectivity index is 1.49. The van der Waals surface area contributed by atoms with Crippen LogP contribution in [0.3, 0.4) is 0 Å². The van der Waals surface area contributed by atoms with E-state index in [1.165, 1.54) is 24.3 Å². The van der Waals surface area contributed by atoms with Crippen LogP contribution in [0.2, 0.25) is 0 Å². The van der Waals surface area contributed by atoms with Gasteiger partial charge in [-0.05, 0) is 42.8 Å². The van der Waals surface area contributed by atoms with Crippen LogP contribution in [0, 0.1) is 5.82 Å². The molecule has 0 bridgehead atoms. The van der Waals surface area contributed by atoms with Gasteiger partial charge in [-0.1, -0.05) is 18.2 Å². The van der Waals surface area contributed by atoms with E-state index in [9.17, 15) is 14.0 Å². The maximum atomic E-state index is 13.0. The summed E-state index contributed by atoms with van der Waals surface area (Å²) in [7, 11) is 3.46. The Morgan fingerprint density at radius 1 is 1.16 bits per heavy atom. The first-order chi connectivity index (χ1) is 14.9. The highest BCUT2D eigenvalue weighted by Gasteiger charge is 2.29. The van der Waals surface area contributed by atoms with Gasteiger partial charge in [0, 0.05) is 44.2 Å². The van der Waals surface area contributed by atoms with Crippen LogP contribution in [0.1, 0.15) is 28.4 Å². The van der Waals surface area contributed by atoms with Crippen LogP contribution in [-0.4, -0.2) is 60.4 Å². The molecule has 2 aromatic carbocycles. The average Bonchev–Trinajstić information content (AvgIpc) is 3.27. The third kappa shape index (κ3) is 4.50. The Hall–Kier alpha value is -3.48. The van der Waals surface area contributed by atoms with Gasteiger partial charge in [0.05, 0.1) is 11.1 Å². The number of halogens is 1. The van der Waals surface area contributed by atoms with Crippen molar-refractivity contribution in [2.24, 2.45) is 0 Å². The topological polar surface area (TPSA) is 62.7 Å². The summed E-state index contributed by atoms with van der Waals surface area (Å²) < 4.78 is 18.5. The molecule has 4 rings (SSSR count). The Labute approximate surface area is 180 Å². The van der Waals surface area contributed by atoms with Crippen molar-refractivity contribution in [2.45, 2.75) is 12.3 Å². The molecule has 0 radical (unpaired) electrons. The number of pyridine rings is 1. The fraction of sp³-hybridized carbons (Fsp3) is 0.292. The van der Waals surface area contributed by atoms with Gasteiger partial charge in [0.15, 0.2) is 6.61 Å². The molecule has 1 aliphatic rings. The van der Waals surface area contributed by atoms with Crippen LogP contribution >= 0.6 is 0 Å². The first kappa shape index (κ1) is 20.8. The van der Waals surface area contributed by atoms with E-state index in [0.717, 1.165) is 23.0 Å². The summed E-state index contributed by atoms with van der Waals surface area (Å²) in [6.07, 6.45) is 0.767. The Kier molecular flexibility index (Phi) is 5.84. The van der Waals surface area contributed by atoms with Gasteiger partial charge in [0.25, 0.3) is 11.8 Å². The molecule has 1 aliphatic heterocycles. The largest absolute Gasteiger partial charge is 0.484 e. The zero-order valence-corrected chi connectivity index (χ0v) is 17.5. The summed E-state index contributed by atoms with van der Waals surface area (Å²) in [6.45, 7) is 1.02. The number of ether oxygens (including phenoxy) is 1. The summed E-state index contributed by atoms with van der Waals surface area (Å²) in [5, 5.41) is 0.823. The molecule has 2 amide bonds. The normalized spacial score (nSPS) is 15.8. The number of carbonyl (C=O) groups excluding carboxylic acids is 2. The average molecular weight is 421 g/mol. The molecule has 3 aromatic rings. The SMILES string of the molecule is CN(C)C(=O)c1cc(C2CCN(C(=O)COc3ccc(F)cc3)C2)nc2ccccc12. The number of amides is 2. The number of likely N-dealkylation sites (tertiary alicyclic amines) is 1. The first-order valence-corrected chi connectivity index (χ1v) is 10.2. The number of benzene rings is 2. The molecule has 1 fully saturated rings. The second-order valence-electron chi connectivity index (χ2n) is 7.88. The van der Waals surface area contributed by atoms with Gasteiger partial charge >= 0.3 is 0 Å². The predicted octanol–water partition coefficient (Wildman–Crippen LogP) is 3.47. The Bertz CT molecular complexity index is 1110. The molecule has 31 heavy (non-hydrogen) atoms. The van der Waals surface area contributed by atoms with Crippen LogP contribution < -0.4 is 4.74 Å². The van der Waals surface area contributed by atoms with E-state index < -0.39 is 0 Å². The van der Waals surface area contributed by atoms with Gasteiger partial charge in [0.2, 0.25) is 0 Å². The third-order valence-corrected chi connectivity index (χ3v) is 5.51. The minimum atomic E-state index is -0.351. The molecule has 2 heterocycles. The van der Waals surface area contributed by atoms with Crippen LogP contribution in [0.4, 0.5) is 4.39 Å². The predicted molar refractivity (Wildman–Crippen MR) is 116 cm³/mol. The van der Waals surface area contributed by atoms with Crippen LogP contribution in [0.15, 0.2) is 54.6 Å². The lowest BCUT2D eigenvalue weighted by atomic mass is 9.99. The van der Waals surface area contributed by atoms with Crippen molar-refractivity contribution in [1.29, 1.82) is 0 Å². The maximum absolute atomic E-state index is 13.0. The molecular formula is C24H24FN3O3. The van der Waals surface area contributed by atoms with E-state index in [4.69, 9.17) is 9.72 Å². The van der Waals surface area contributed by atoms with Crippen LogP contribution in [0.5, 0.6) is 5.75 Å². The summed E-state index contributed by atoms with van der Waals surface area (Å²) in [6, 6.07) is 15.0. The fourth-order valence-corrected chi connectivity index (χ4v) is 3.82. The van der Waals surface area contributed by atoms with E-state index in [2.05, 4.69) is 0 Å². The van der Waals surface area contributed by atoms with Gasteiger partial charge in [-0.3, -0.25) is 14.6 Å². The number of rotatable bonds is 5. The van der Waals surface area contributed by atoms with Crippen molar-refractivity contribution in [1.82, 2.24) is 14.8 Å². The zero-order valence-electron chi connectivity index (χ0n) is 17.5. The van der Waals surface area contributed by atoms with Gasteiger partial charge in [-0.2, -0.15) is 0 Å². The van der Waals surface area contributed by atoms with Crippen molar-refractivity contribution < 1.29 is 18.7 Å². The number of carbonyl (C=O) groups is 2. The Morgan fingerprint density at radius 2 is 1.90 bits per heavy atom. The number of nitrogens with zero attached hydrogens (tertiary/aromatic N) is 3. The quantitative estimate of drug-likeness (QED) is 0.633. The molecule has 1 aromatic heterocycles. The monoisotopic (exact) mass is 421 g/mol. The highest BCUT2D eigenvalue weighted by molar-refractivity contribution is 6.06. The van der Waals surface area contributed by atoms with E-state index in [1.807, 2.05) is 30.3 Å². The molecule has 0 N–H and O–H groups in total. The molecule has 1 atom stereocenters. The zero-order chi connectivity index (χ0) is 22.0. The van der Waals surface area contributed by atoms with Gasteiger partial charge in [0.1, 0.15) is 11.6 Å². The standard InChI is InChI=1S/C24H24FN3O3/c1-27(2)24(30)20-13-22(26-21-6-4-3-5-19(20)21)16-11-12-28(14-16)23(29)15-31-18-9-7-17(25)8-10-18/h3-10,13,16H,11-12,14-15H2,1-2H3. The fourth-order valence-electron chi connectivity index (χ4n) is 3.82. The molecule has 7 heteroatoms. The summed E-state index contributed by atoms with van der Waals surface area (Å²) in [4.78, 5) is 33.4. The van der Waals surface area contributed by atoms with E-state index in [-0.39, 0.29) is 30.2 Å². The highest BCUT2D eigenvalue weighted by Crippen LogP contribution is 2.30. The number of hydrogen-bond acceptors (Lipinski definition) is 4. The minimum absolute atomic E-state index is 0.0492. The number of para-hydroxylation sites is 1. The highest BCUT2D eigenvalue weighted by atomic mass is 19.1. The molecule has 1 saturated heterocycles. The first-order valence-electron chi connectivity index (χ1n) is 10.2. The maximum Gasteiger partial charge on any atom is 0.260 e. The molecule has 160 valence electrons. The van der Waals surface area contributed by atoms with E-state index >= 15 is 0 Å². The lowest BCUT2D eigenvalue weighted by Gasteiger charge is -2.18. The third-order valence-electron chi connectivity index (χ3n) is 5.51. The molecule has 0 aliphatic carbocycles. The number of hydrogen-bond donors (Lipinski definition) is 0. The van der Waals surface area contributed by atoms with Crippen molar-refractivity contribution in [3.05, 3.63) is 71.7 Å². The minimum Gasteiger partial charge on any atom is -0.484 e. The van der Waals surface area contributed by atoms with Crippen molar-refractivity contribution in [3.63, 3.8) is 0 Å². The van der Waals surface area contributed by atoms with E-state index in [1.54, 1.807) is 23.9 Å². The van der Waals surface area contributed by atoms with Gasteiger partial charge in [-0.15, -0.1) is 0 Å². The smallest absolute Gasteiger partial charge is 0.260 e. The van der Waals surface area contributed by atoms with Gasteiger partial charge < -0.3 is 14.5 Å². The molecule has 6 nitrogen and oxygen atoms in total. The molecular weight excluding hydrogens is 397 g/mol. The second-order valence-corrected chi connectivity index (χ2v) is 7.88. The lowest BCUT2D eigenvalue weighted by Crippen LogP contribution is -2.33. The van der Waals surface area contributed by atoms with Crippen LogP contribution in [0.25, 0.3) is 10.9 Å². The second kappa shape index (κ2) is 8.71. The number of aromatic nitrogens is 1.